The fourth-order valence-corrected chi connectivity index (χ4v) is 3.83. The third-order valence-corrected chi connectivity index (χ3v) is 5.44. The highest BCUT2D eigenvalue weighted by Gasteiger charge is 2.49. The first-order valence-corrected chi connectivity index (χ1v) is 8.84. The Morgan fingerprint density at radius 2 is 1.73 bits per heavy atom. The van der Waals surface area contributed by atoms with Crippen molar-refractivity contribution in [3.8, 4) is 0 Å². The highest BCUT2D eigenvalue weighted by atomic mass is 19.4. The predicted molar refractivity (Wildman–Crippen MR) is 88.3 cm³/mol. The average Bonchev–Trinajstić information content (AvgIpc) is 3.42. The summed E-state index contributed by atoms with van der Waals surface area (Å²) < 4.78 is 42.8. The molecular weight excluding hydrogens is 347 g/mol. The van der Waals surface area contributed by atoms with Crippen LogP contribution in [0.1, 0.15) is 55.6 Å². The molecule has 1 amide bonds. The third-order valence-electron chi connectivity index (χ3n) is 5.44. The van der Waals surface area contributed by atoms with Crippen molar-refractivity contribution in [3.63, 3.8) is 0 Å². The summed E-state index contributed by atoms with van der Waals surface area (Å²) in [7, 11) is 1.31. The highest BCUT2D eigenvalue weighted by molar-refractivity contribution is 5.90. The summed E-state index contributed by atoms with van der Waals surface area (Å²) in [5.41, 5.74) is -0.944. The fourth-order valence-electron chi connectivity index (χ4n) is 3.83. The van der Waals surface area contributed by atoms with Gasteiger partial charge in [0.05, 0.1) is 12.7 Å². The number of rotatable bonds is 4. The van der Waals surface area contributed by atoms with Gasteiger partial charge in [-0.05, 0) is 42.9 Å². The number of halogens is 3. The van der Waals surface area contributed by atoms with E-state index in [1.807, 2.05) is 0 Å². The number of methoxy groups -OCH3 is 1. The number of esters is 1. The van der Waals surface area contributed by atoms with Gasteiger partial charge in [-0.15, -0.1) is 0 Å². The number of carbonyl (C=O) groups is 2. The van der Waals surface area contributed by atoms with E-state index in [1.165, 1.54) is 19.2 Å². The average molecular weight is 369 g/mol. The summed E-state index contributed by atoms with van der Waals surface area (Å²) in [6, 6.07) is 4.94. The lowest BCUT2D eigenvalue weighted by atomic mass is 9.81. The molecule has 0 aliphatic heterocycles. The maximum atomic E-state index is 12.6. The number of hydrogen-bond donors (Lipinski definition) is 1. The summed E-state index contributed by atoms with van der Waals surface area (Å²) in [4.78, 5) is 24.8. The third kappa shape index (κ3) is 3.71. The van der Waals surface area contributed by atoms with Crippen LogP contribution in [0, 0.1) is 5.92 Å². The van der Waals surface area contributed by atoms with E-state index in [4.69, 9.17) is 4.74 Å². The zero-order chi connectivity index (χ0) is 18.9. The molecular formula is C19H22F3NO3. The van der Waals surface area contributed by atoms with Gasteiger partial charge in [0, 0.05) is 5.92 Å². The van der Waals surface area contributed by atoms with Gasteiger partial charge in [-0.1, -0.05) is 31.4 Å². The number of ether oxygens (including phenoxy) is 1. The predicted octanol–water partition coefficient (Wildman–Crippen LogP) is 3.80. The van der Waals surface area contributed by atoms with Crippen LogP contribution >= 0.6 is 0 Å². The molecule has 4 nitrogen and oxygen atoms in total. The molecule has 0 heterocycles. The van der Waals surface area contributed by atoms with Crippen LogP contribution in [-0.2, 0) is 20.5 Å². The van der Waals surface area contributed by atoms with Crippen LogP contribution in [0.15, 0.2) is 24.3 Å². The van der Waals surface area contributed by atoms with Crippen molar-refractivity contribution >= 4 is 11.9 Å². The zero-order valence-electron chi connectivity index (χ0n) is 14.6. The number of carbonyl (C=O) groups excluding carboxylic acids is 2. The molecule has 0 bridgehead atoms. The van der Waals surface area contributed by atoms with Crippen LogP contribution in [0.4, 0.5) is 13.2 Å². The van der Waals surface area contributed by atoms with Crippen molar-refractivity contribution in [3.05, 3.63) is 35.4 Å². The van der Waals surface area contributed by atoms with Crippen LogP contribution in [0.5, 0.6) is 0 Å². The van der Waals surface area contributed by atoms with Crippen molar-refractivity contribution in [2.24, 2.45) is 5.92 Å². The van der Waals surface area contributed by atoms with E-state index in [2.05, 4.69) is 5.32 Å². The SMILES string of the molecule is COC(=O)C1(NC(=O)C2CC2c2ccc(C(F)(F)F)cc2)CCCCC1. The normalized spacial score (nSPS) is 24.6. The molecule has 26 heavy (non-hydrogen) atoms. The van der Waals surface area contributed by atoms with Gasteiger partial charge in [-0.25, -0.2) is 4.79 Å². The van der Waals surface area contributed by atoms with Gasteiger partial charge < -0.3 is 10.1 Å². The van der Waals surface area contributed by atoms with Gasteiger partial charge in [0.25, 0.3) is 0 Å². The summed E-state index contributed by atoms with van der Waals surface area (Å²) >= 11 is 0. The van der Waals surface area contributed by atoms with Gasteiger partial charge in [0.15, 0.2) is 0 Å². The van der Waals surface area contributed by atoms with Crippen molar-refractivity contribution < 1.29 is 27.5 Å². The lowest BCUT2D eigenvalue weighted by Gasteiger charge is -2.35. The summed E-state index contributed by atoms with van der Waals surface area (Å²) in [5, 5.41) is 2.89. The van der Waals surface area contributed by atoms with Gasteiger partial charge in [0.1, 0.15) is 5.54 Å². The maximum absolute atomic E-state index is 12.6. The van der Waals surface area contributed by atoms with E-state index >= 15 is 0 Å². The second-order valence-electron chi connectivity index (χ2n) is 7.19. The standard InChI is InChI=1S/C19H22F3NO3/c1-26-17(25)18(9-3-2-4-10-18)23-16(24)15-11-14(15)12-5-7-13(8-6-12)19(20,21)22/h5-8,14-15H,2-4,9-11H2,1H3,(H,23,24). The summed E-state index contributed by atoms with van der Waals surface area (Å²) in [5.74, 6) is -1.05. The van der Waals surface area contributed by atoms with Gasteiger partial charge in [0.2, 0.25) is 5.91 Å². The lowest BCUT2D eigenvalue weighted by molar-refractivity contribution is -0.152. The van der Waals surface area contributed by atoms with E-state index < -0.39 is 23.2 Å². The van der Waals surface area contributed by atoms with Crippen molar-refractivity contribution in [1.82, 2.24) is 5.32 Å². The second kappa shape index (κ2) is 6.93. The first-order chi connectivity index (χ1) is 12.3. The second-order valence-corrected chi connectivity index (χ2v) is 7.19. The Hall–Kier alpha value is -2.05. The number of amides is 1. The Morgan fingerprint density at radius 1 is 1.12 bits per heavy atom. The maximum Gasteiger partial charge on any atom is 0.416 e. The minimum Gasteiger partial charge on any atom is -0.467 e. The number of benzene rings is 1. The molecule has 2 aliphatic carbocycles. The Kier molecular flexibility index (Phi) is 4.99. The summed E-state index contributed by atoms with van der Waals surface area (Å²) in [6.07, 6.45) is 0.0460. The Labute approximate surface area is 150 Å². The molecule has 2 aliphatic rings. The monoisotopic (exact) mass is 369 g/mol. The minimum absolute atomic E-state index is 0.101. The van der Waals surface area contributed by atoms with E-state index in [0.29, 0.717) is 24.8 Å². The van der Waals surface area contributed by atoms with Gasteiger partial charge >= 0.3 is 12.1 Å². The molecule has 7 heteroatoms. The zero-order valence-corrected chi connectivity index (χ0v) is 14.6. The molecule has 3 rings (SSSR count). The van der Waals surface area contributed by atoms with Crippen LogP contribution in [0.3, 0.4) is 0 Å². The number of alkyl halides is 3. The topological polar surface area (TPSA) is 55.4 Å². The number of nitrogens with one attached hydrogen (secondary N) is 1. The van der Waals surface area contributed by atoms with Crippen LogP contribution < -0.4 is 5.32 Å². The Morgan fingerprint density at radius 3 is 2.27 bits per heavy atom. The van der Waals surface area contributed by atoms with E-state index in [1.54, 1.807) is 0 Å². The fraction of sp³-hybridized carbons (Fsp3) is 0.579. The molecule has 2 fully saturated rings. The largest absolute Gasteiger partial charge is 0.467 e. The molecule has 1 aromatic rings. The molecule has 142 valence electrons. The van der Waals surface area contributed by atoms with E-state index in [0.717, 1.165) is 31.4 Å². The first-order valence-electron chi connectivity index (χ1n) is 8.84. The minimum atomic E-state index is -4.37. The molecule has 1 aromatic carbocycles. The molecule has 2 unspecified atom stereocenters. The molecule has 2 saturated carbocycles. The van der Waals surface area contributed by atoms with Crippen molar-refractivity contribution in [1.29, 1.82) is 0 Å². The van der Waals surface area contributed by atoms with E-state index in [9.17, 15) is 22.8 Å². The van der Waals surface area contributed by atoms with E-state index in [-0.39, 0.29) is 17.7 Å². The lowest BCUT2D eigenvalue weighted by Crippen LogP contribution is -2.56. The first kappa shape index (κ1) is 18.7. The summed E-state index contributed by atoms with van der Waals surface area (Å²) in [6.45, 7) is 0. The Balaban J connectivity index is 1.65. The smallest absolute Gasteiger partial charge is 0.416 e. The molecule has 0 radical (unpaired) electrons. The van der Waals surface area contributed by atoms with Crippen molar-refractivity contribution in [2.45, 2.75) is 56.2 Å². The highest BCUT2D eigenvalue weighted by Crippen LogP contribution is 2.48. The van der Waals surface area contributed by atoms with Gasteiger partial charge in [-0.3, -0.25) is 4.79 Å². The molecule has 0 spiro atoms. The molecule has 2 atom stereocenters. The number of hydrogen-bond acceptors (Lipinski definition) is 3. The molecule has 0 aromatic heterocycles. The quantitative estimate of drug-likeness (QED) is 0.822. The van der Waals surface area contributed by atoms with Crippen molar-refractivity contribution in [2.75, 3.05) is 7.11 Å². The van der Waals surface area contributed by atoms with Crippen LogP contribution in [0.25, 0.3) is 0 Å². The van der Waals surface area contributed by atoms with Gasteiger partial charge in [-0.2, -0.15) is 13.2 Å². The Bertz CT molecular complexity index is 678. The molecule has 0 saturated heterocycles. The van der Waals surface area contributed by atoms with Crippen LogP contribution in [-0.4, -0.2) is 24.5 Å². The van der Waals surface area contributed by atoms with Crippen LogP contribution in [0.2, 0.25) is 0 Å². The molecule has 1 N–H and O–H groups in total.